The Bertz CT molecular complexity index is 1140. The van der Waals surface area contributed by atoms with Crippen molar-refractivity contribution >= 4 is 27.7 Å². The number of aromatic nitrogens is 4. The number of carbonyl (C=O) groups is 1. The van der Waals surface area contributed by atoms with Crippen molar-refractivity contribution in [2.45, 2.75) is 24.0 Å². The van der Waals surface area contributed by atoms with Crippen LogP contribution < -0.4 is 5.32 Å². The van der Waals surface area contributed by atoms with Crippen LogP contribution in [0.4, 0.5) is 0 Å². The maximum absolute atomic E-state index is 12.7. The molecular formula is C21H26N6O3S2. The molecule has 0 radical (unpaired) electrons. The summed E-state index contributed by atoms with van der Waals surface area (Å²) in [5, 5.41) is 14.8. The third-order valence-corrected chi connectivity index (χ3v) is 7.16. The van der Waals surface area contributed by atoms with E-state index < -0.39 is 10.0 Å². The Kier molecular flexibility index (Phi) is 8.37. The molecule has 3 rings (SSSR count). The van der Waals surface area contributed by atoms with E-state index in [0.29, 0.717) is 43.2 Å². The highest BCUT2D eigenvalue weighted by molar-refractivity contribution is 7.98. The topological polar surface area (TPSA) is 110 Å². The molecule has 32 heavy (non-hydrogen) atoms. The minimum Gasteiger partial charge on any atom is -0.352 e. The zero-order valence-corrected chi connectivity index (χ0v) is 19.6. The van der Waals surface area contributed by atoms with Crippen LogP contribution in [-0.4, -0.2) is 64.7 Å². The quantitative estimate of drug-likeness (QED) is 0.335. The number of carbonyl (C=O) groups excluding carboxylic acids is 1. The van der Waals surface area contributed by atoms with Crippen LogP contribution in [0.5, 0.6) is 0 Å². The molecule has 0 bridgehead atoms. The van der Waals surface area contributed by atoms with E-state index in [1.165, 1.54) is 22.3 Å². The number of amides is 1. The predicted molar refractivity (Wildman–Crippen MR) is 124 cm³/mol. The fraction of sp³-hybridized carbons (Fsp3) is 0.333. The molecule has 0 aliphatic heterocycles. The van der Waals surface area contributed by atoms with Crippen LogP contribution in [0, 0.1) is 0 Å². The third kappa shape index (κ3) is 6.38. The molecule has 0 saturated heterocycles. The number of para-hydroxylation sites is 1. The van der Waals surface area contributed by atoms with E-state index in [1.54, 1.807) is 17.7 Å². The third-order valence-electron chi connectivity index (χ3n) is 4.71. The molecule has 0 atom stereocenters. The lowest BCUT2D eigenvalue weighted by molar-refractivity contribution is 0.0950. The summed E-state index contributed by atoms with van der Waals surface area (Å²) in [6, 6.07) is 17.0. The normalized spacial score (nSPS) is 11.6. The first-order valence-electron chi connectivity index (χ1n) is 10.2. The lowest BCUT2D eigenvalue weighted by Crippen LogP contribution is -2.33. The van der Waals surface area contributed by atoms with Crippen molar-refractivity contribution in [2.24, 2.45) is 0 Å². The lowest BCUT2D eigenvalue weighted by Gasteiger charge is -2.17. The van der Waals surface area contributed by atoms with Gasteiger partial charge in [0.25, 0.3) is 5.91 Å². The van der Waals surface area contributed by atoms with Crippen molar-refractivity contribution in [3.05, 3.63) is 66.0 Å². The maximum Gasteiger partial charge on any atom is 0.252 e. The molecule has 170 valence electrons. The first kappa shape index (κ1) is 23.9. The second-order valence-electron chi connectivity index (χ2n) is 6.99. The minimum atomic E-state index is -3.23. The summed E-state index contributed by atoms with van der Waals surface area (Å²) >= 11 is 1.48. The summed E-state index contributed by atoms with van der Waals surface area (Å²) in [7, 11) is -3.23. The van der Waals surface area contributed by atoms with Gasteiger partial charge >= 0.3 is 0 Å². The Morgan fingerprint density at radius 3 is 2.56 bits per heavy atom. The van der Waals surface area contributed by atoms with Gasteiger partial charge in [-0.15, -0.1) is 16.9 Å². The van der Waals surface area contributed by atoms with Gasteiger partial charge in [-0.1, -0.05) is 37.3 Å². The van der Waals surface area contributed by atoms with Gasteiger partial charge in [0, 0.05) is 24.5 Å². The summed E-state index contributed by atoms with van der Waals surface area (Å²) in [4.78, 5) is 13.5. The number of hydrogen-bond donors (Lipinski definition) is 1. The van der Waals surface area contributed by atoms with Gasteiger partial charge in [0.1, 0.15) is 0 Å². The number of sulfonamides is 1. The maximum atomic E-state index is 12.7. The molecule has 9 nitrogen and oxygen atoms in total. The van der Waals surface area contributed by atoms with Crippen LogP contribution in [0.2, 0.25) is 0 Å². The summed E-state index contributed by atoms with van der Waals surface area (Å²) in [5.41, 5.74) is 1.43. The van der Waals surface area contributed by atoms with Crippen LogP contribution in [0.1, 0.15) is 29.5 Å². The number of nitrogens with one attached hydrogen (secondary N) is 1. The van der Waals surface area contributed by atoms with Gasteiger partial charge in [0.2, 0.25) is 10.0 Å². The summed E-state index contributed by atoms with van der Waals surface area (Å²) in [5.74, 6) is 0.974. The fourth-order valence-corrected chi connectivity index (χ4v) is 4.98. The van der Waals surface area contributed by atoms with Gasteiger partial charge < -0.3 is 5.32 Å². The van der Waals surface area contributed by atoms with Crippen molar-refractivity contribution in [1.29, 1.82) is 0 Å². The van der Waals surface area contributed by atoms with Crippen molar-refractivity contribution < 1.29 is 13.2 Å². The first-order chi connectivity index (χ1) is 15.4. The second kappa shape index (κ2) is 11.2. The molecule has 0 saturated carbocycles. The predicted octanol–water partition coefficient (Wildman–Crippen LogP) is 2.36. The Morgan fingerprint density at radius 1 is 1.12 bits per heavy atom. The van der Waals surface area contributed by atoms with Crippen molar-refractivity contribution in [3.63, 3.8) is 0 Å². The summed E-state index contributed by atoms with van der Waals surface area (Å²) in [6.45, 7) is 2.96. The molecule has 11 heteroatoms. The molecule has 1 amide bonds. The minimum absolute atomic E-state index is 0.196. The smallest absolute Gasteiger partial charge is 0.252 e. The molecule has 0 aliphatic carbocycles. The Hall–Kier alpha value is -2.76. The molecule has 2 aromatic carbocycles. The van der Waals surface area contributed by atoms with E-state index in [0.717, 1.165) is 10.6 Å². The van der Waals surface area contributed by atoms with Gasteiger partial charge in [-0.2, -0.15) is 4.68 Å². The van der Waals surface area contributed by atoms with E-state index in [9.17, 15) is 13.2 Å². The van der Waals surface area contributed by atoms with Crippen LogP contribution >= 0.6 is 11.8 Å². The van der Waals surface area contributed by atoms with Crippen LogP contribution in [0.3, 0.4) is 0 Å². The molecule has 1 aromatic heterocycles. The van der Waals surface area contributed by atoms with Gasteiger partial charge in [-0.05, 0) is 41.1 Å². The van der Waals surface area contributed by atoms with Gasteiger partial charge in [-0.25, -0.2) is 12.7 Å². The van der Waals surface area contributed by atoms with Gasteiger partial charge in [0.15, 0.2) is 5.82 Å². The highest BCUT2D eigenvalue weighted by atomic mass is 32.2. The van der Waals surface area contributed by atoms with E-state index >= 15 is 0 Å². The molecule has 0 fully saturated rings. The zero-order chi connectivity index (χ0) is 23.0. The average molecular weight is 475 g/mol. The highest BCUT2D eigenvalue weighted by Crippen LogP contribution is 2.26. The average Bonchev–Trinajstić information content (AvgIpc) is 3.26. The number of rotatable bonds is 11. The van der Waals surface area contributed by atoms with Crippen molar-refractivity contribution in [3.8, 4) is 5.69 Å². The highest BCUT2D eigenvalue weighted by Gasteiger charge is 2.16. The van der Waals surface area contributed by atoms with Crippen LogP contribution in [0.25, 0.3) is 5.69 Å². The first-order valence-corrected chi connectivity index (χ1v) is 13.0. The van der Waals surface area contributed by atoms with E-state index in [-0.39, 0.29) is 5.91 Å². The Balaban J connectivity index is 1.59. The Morgan fingerprint density at radius 2 is 1.84 bits per heavy atom. The van der Waals surface area contributed by atoms with Crippen molar-refractivity contribution in [1.82, 2.24) is 29.8 Å². The van der Waals surface area contributed by atoms with Crippen molar-refractivity contribution in [2.75, 3.05) is 25.9 Å². The lowest BCUT2D eigenvalue weighted by atomic mass is 10.2. The molecule has 3 aromatic rings. The zero-order valence-electron chi connectivity index (χ0n) is 18.0. The van der Waals surface area contributed by atoms with Gasteiger partial charge in [0.05, 0.1) is 23.3 Å². The largest absolute Gasteiger partial charge is 0.352 e. The summed E-state index contributed by atoms with van der Waals surface area (Å²) in [6.07, 6.45) is 1.73. The van der Waals surface area contributed by atoms with E-state index in [2.05, 4.69) is 20.8 Å². The molecule has 1 N–H and O–H groups in total. The Labute approximate surface area is 192 Å². The summed E-state index contributed by atoms with van der Waals surface area (Å²) < 4.78 is 26.4. The second-order valence-corrected chi connectivity index (χ2v) is 9.99. The number of tetrazole rings is 1. The van der Waals surface area contributed by atoms with E-state index in [4.69, 9.17) is 0 Å². The number of hydrogen-bond acceptors (Lipinski definition) is 7. The number of thioether (sulfide) groups is 1. The molecule has 0 aliphatic rings. The van der Waals surface area contributed by atoms with Gasteiger partial charge in [-0.3, -0.25) is 4.79 Å². The molecule has 0 unspecified atom stereocenters. The number of nitrogens with zero attached hydrogens (tertiary/aromatic N) is 5. The van der Waals surface area contributed by atoms with Crippen LogP contribution in [-0.2, 0) is 15.8 Å². The van der Waals surface area contributed by atoms with E-state index in [1.807, 2.05) is 48.5 Å². The molecule has 1 heterocycles. The fourth-order valence-electron chi connectivity index (χ4n) is 3.10. The molecular weight excluding hydrogens is 448 g/mol. The SMILES string of the molecule is CCN(CCCNC(=O)c1ccccc1SCc1nnnn1-c1ccccc1)S(C)(=O)=O. The monoisotopic (exact) mass is 474 g/mol. The van der Waals surface area contributed by atoms with Crippen LogP contribution in [0.15, 0.2) is 59.5 Å². The number of benzene rings is 2. The molecule has 0 spiro atoms. The standard InChI is InChI=1S/C21H26N6O3S2/c1-3-26(32(2,29)30)15-9-14-22-21(28)18-12-7-8-13-19(18)31-16-20-23-24-25-27(20)17-10-5-4-6-11-17/h4-8,10-13H,3,9,14-16H2,1-2H3,(H,22,28).